The van der Waals surface area contributed by atoms with E-state index in [0.29, 0.717) is 17.9 Å². The third-order valence-corrected chi connectivity index (χ3v) is 5.21. The number of halogens is 2. The Kier molecular flexibility index (Phi) is 5.98. The lowest BCUT2D eigenvalue weighted by atomic mass is 10.1. The van der Waals surface area contributed by atoms with Crippen LogP contribution < -0.4 is 5.32 Å². The minimum Gasteiger partial charge on any atom is -0.310 e. The van der Waals surface area contributed by atoms with Gasteiger partial charge in [0.25, 0.3) is 0 Å². The third kappa shape index (κ3) is 4.78. The van der Waals surface area contributed by atoms with E-state index in [4.69, 9.17) is 0 Å². The Labute approximate surface area is 160 Å². The van der Waals surface area contributed by atoms with Gasteiger partial charge in [-0.1, -0.05) is 12.1 Å². The van der Waals surface area contributed by atoms with Crippen LogP contribution in [0.3, 0.4) is 0 Å². The first-order chi connectivity index (χ1) is 12.9. The monoisotopic (exact) mass is 390 g/mol. The van der Waals surface area contributed by atoms with Gasteiger partial charge in [-0.3, -0.25) is 9.69 Å². The Morgan fingerprint density at radius 2 is 2.11 bits per heavy atom. The largest absolute Gasteiger partial charge is 0.310 e. The number of aromatic nitrogens is 2. The highest BCUT2D eigenvalue weighted by Crippen LogP contribution is 2.21. The molecule has 0 radical (unpaired) electrons. The molecule has 1 aromatic carbocycles. The van der Waals surface area contributed by atoms with Gasteiger partial charge in [-0.25, -0.2) is 13.5 Å². The molecule has 27 heavy (non-hydrogen) atoms. The number of carbonyl (C=O) groups excluding carboxylic acids is 1. The maximum atomic E-state index is 13.4. The average molecular weight is 390 g/mol. The topological polar surface area (TPSA) is 50.2 Å². The second-order valence-corrected chi connectivity index (χ2v) is 7.30. The molecule has 0 saturated carbocycles. The Bertz CT molecular complexity index is 910. The summed E-state index contributed by atoms with van der Waals surface area (Å²) in [4.78, 5) is 15.3. The van der Waals surface area contributed by atoms with Crippen molar-refractivity contribution >= 4 is 23.1 Å². The highest BCUT2D eigenvalue weighted by Gasteiger charge is 2.17. The number of anilines is 1. The summed E-state index contributed by atoms with van der Waals surface area (Å²) in [5, 5.41) is 9.08. The molecule has 1 unspecified atom stereocenters. The number of nitrogens with zero attached hydrogens (tertiary/aromatic N) is 3. The number of carbonyl (C=O) groups is 1. The maximum Gasteiger partial charge on any atom is 0.239 e. The van der Waals surface area contributed by atoms with Crippen molar-refractivity contribution in [2.24, 2.45) is 0 Å². The first-order valence-corrected chi connectivity index (χ1v) is 9.31. The zero-order valence-electron chi connectivity index (χ0n) is 15.0. The molecule has 0 fully saturated rings. The minimum atomic E-state index is -0.894. The molecule has 142 valence electrons. The zero-order chi connectivity index (χ0) is 19.4. The van der Waals surface area contributed by atoms with Crippen molar-refractivity contribution in [1.82, 2.24) is 14.7 Å². The first kappa shape index (κ1) is 19.2. The number of benzene rings is 1. The van der Waals surface area contributed by atoms with Gasteiger partial charge in [-0.2, -0.15) is 5.10 Å². The lowest BCUT2D eigenvalue weighted by molar-refractivity contribution is -0.117. The SMILES string of the molecule is CC(c1ccc(F)c(F)c1)N(C)CC(=O)Nc1ccnn1Cc1cccs1. The molecule has 1 atom stereocenters. The lowest BCUT2D eigenvalue weighted by Gasteiger charge is -2.24. The molecular formula is C19H20F2N4OS. The Morgan fingerprint density at radius 1 is 1.30 bits per heavy atom. The summed E-state index contributed by atoms with van der Waals surface area (Å²) in [7, 11) is 1.76. The summed E-state index contributed by atoms with van der Waals surface area (Å²) in [5.41, 5.74) is 0.604. The molecule has 3 aromatic rings. The van der Waals surface area contributed by atoms with Crippen LogP contribution in [-0.2, 0) is 11.3 Å². The van der Waals surface area contributed by atoms with E-state index in [-0.39, 0.29) is 18.5 Å². The summed E-state index contributed by atoms with van der Waals surface area (Å²) in [6.07, 6.45) is 1.64. The van der Waals surface area contributed by atoms with Crippen LogP contribution in [0, 0.1) is 11.6 Å². The number of amides is 1. The van der Waals surface area contributed by atoms with E-state index in [1.807, 2.05) is 24.4 Å². The fraction of sp³-hybridized carbons (Fsp3) is 0.263. The highest BCUT2D eigenvalue weighted by molar-refractivity contribution is 7.09. The molecule has 2 aromatic heterocycles. The molecule has 0 bridgehead atoms. The molecule has 0 aliphatic carbocycles. The van der Waals surface area contributed by atoms with Crippen molar-refractivity contribution in [3.63, 3.8) is 0 Å². The maximum absolute atomic E-state index is 13.4. The molecule has 0 aliphatic rings. The van der Waals surface area contributed by atoms with Crippen molar-refractivity contribution in [3.8, 4) is 0 Å². The molecular weight excluding hydrogens is 370 g/mol. The van der Waals surface area contributed by atoms with Crippen molar-refractivity contribution in [3.05, 3.63) is 70.1 Å². The predicted octanol–water partition coefficient (Wildman–Crippen LogP) is 3.90. The van der Waals surface area contributed by atoms with Crippen LogP contribution in [0.15, 0.2) is 48.0 Å². The number of rotatable bonds is 7. The van der Waals surface area contributed by atoms with E-state index in [9.17, 15) is 13.6 Å². The second-order valence-electron chi connectivity index (χ2n) is 6.27. The standard InChI is InChI=1S/C19H20F2N4OS/c1-13(14-5-6-16(20)17(21)10-14)24(2)12-19(26)23-18-7-8-22-25(18)11-15-4-3-9-27-15/h3-10,13H,11-12H2,1-2H3,(H,23,26). The van der Waals surface area contributed by atoms with Gasteiger partial charge in [-0.05, 0) is 43.1 Å². The van der Waals surface area contributed by atoms with Gasteiger partial charge in [0.1, 0.15) is 5.82 Å². The van der Waals surface area contributed by atoms with Crippen LogP contribution in [0.1, 0.15) is 23.4 Å². The van der Waals surface area contributed by atoms with Crippen molar-refractivity contribution in [2.45, 2.75) is 19.5 Å². The quantitative estimate of drug-likeness (QED) is 0.666. The molecule has 5 nitrogen and oxygen atoms in total. The third-order valence-electron chi connectivity index (χ3n) is 4.35. The van der Waals surface area contributed by atoms with Gasteiger partial charge in [0, 0.05) is 17.0 Å². The molecule has 1 N–H and O–H groups in total. The normalized spacial score (nSPS) is 12.3. The lowest BCUT2D eigenvalue weighted by Crippen LogP contribution is -2.32. The summed E-state index contributed by atoms with van der Waals surface area (Å²) in [5.74, 6) is -1.37. The molecule has 0 saturated heterocycles. The van der Waals surface area contributed by atoms with E-state index in [0.717, 1.165) is 17.0 Å². The highest BCUT2D eigenvalue weighted by atomic mass is 32.1. The van der Waals surface area contributed by atoms with Crippen LogP contribution in [0.5, 0.6) is 0 Å². The van der Waals surface area contributed by atoms with E-state index in [1.165, 1.54) is 6.07 Å². The van der Waals surface area contributed by atoms with Gasteiger partial charge >= 0.3 is 0 Å². The van der Waals surface area contributed by atoms with Gasteiger partial charge in [0.2, 0.25) is 5.91 Å². The van der Waals surface area contributed by atoms with Crippen molar-refractivity contribution in [1.29, 1.82) is 0 Å². The summed E-state index contributed by atoms with van der Waals surface area (Å²) < 4.78 is 28.3. The van der Waals surface area contributed by atoms with Crippen LogP contribution >= 0.6 is 11.3 Å². The summed E-state index contributed by atoms with van der Waals surface area (Å²) >= 11 is 1.62. The first-order valence-electron chi connectivity index (χ1n) is 8.43. The number of likely N-dealkylation sites (N-methyl/N-ethyl adjacent to an activating group) is 1. The molecule has 8 heteroatoms. The molecule has 3 rings (SSSR count). The Balaban J connectivity index is 1.60. The Morgan fingerprint density at radius 3 is 2.81 bits per heavy atom. The van der Waals surface area contributed by atoms with Crippen LogP contribution in [-0.4, -0.2) is 34.2 Å². The van der Waals surface area contributed by atoms with E-state index < -0.39 is 11.6 Å². The average Bonchev–Trinajstić information content (AvgIpc) is 3.29. The van der Waals surface area contributed by atoms with E-state index in [2.05, 4.69) is 10.4 Å². The summed E-state index contributed by atoms with van der Waals surface area (Å²) in [6, 6.07) is 9.24. The van der Waals surface area contributed by atoms with Crippen LogP contribution in [0.4, 0.5) is 14.6 Å². The smallest absolute Gasteiger partial charge is 0.239 e. The van der Waals surface area contributed by atoms with Crippen molar-refractivity contribution in [2.75, 3.05) is 18.9 Å². The fourth-order valence-electron chi connectivity index (χ4n) is 2.69. The number of thiophene rings is 1. The van der Waals surface area contributed by atoms with E-state index >= 15 is 0 Å². The predicted molar refractivity (Wildman–Crippen MR) is 102 cm³/mol. The van der Waals surface area contributed by atoms with Gasteiger partial charge < -0.3 is 5.32 Å². The minimum absolute atomic E-state index is 0.102. The molecule has 2 heterocycles. The molecule has 0 spiro atoms. The number of nitrogens with one attached hydrogen (secondary N) is 1. The van der Waals surface area contributed by atoms with E-state index in [1.54, 1.807) is 40.2 Å². The van der Waals surface area contributed by atoms with Gasteiger partial charge in [-0.15, -0.1) is 11.3 Å². The summed E-state index contributed by atoms with van der Waals surface area (Å²) in [6.45, 7) is 2.52. The Hall–Kier alpha value is -2.58. The van der Waals surface area contributed by atoms with Crippen LogP contribution in [0.25, 0.3) is 0 Å². The fourth-order valence-corrected chi connectivity index (χ4v) is 3.37. The number of hydrogen-bond donors (Lipinski definition) is 1. The van der Waals surface area contributed by atoms with Gasteiger partial charge in [0.15, 0.2) is 11.6 Å². The van der Waals surface area contributed by atoms with Crippen LogP contribution in [0.2, 0.25) is 0 Å². The number of hydrogen-bond acceptors (Lipinski definition) is 4. The second kappa shape index (κ2) is 8.41. The van der Waals surface area contributed by atoms with Gasteiger partial charge in [0.05, 0.1) is 19.3 Å². The molecule has 0 aliphatic heterocycles. The zero-order valence-corrected chi connectivity index (χ0v) is 15.8. The molecule has 1 amide bonds. The van der Waals surface area contributed by atoms with Crippen molar-refractivity contribution < 1.29 is 13.6 Å².